The molecule has 0 saturated carbocycles. The molecule has 1 aliphatic heterocycles. The van der Waals surface area contributed by atoms with Crippen LogP contribution in [-0.2, 0) is 4.79 Å². The summed E-state index contributed by atoms with van der Waals surface area (Å²) in [5.74, 6) is -0.539. The molecule has 0 aliphatic carbocycles. The molecule has 0 radical (unpaired) electrons. The third-order valence-electron chi connectivity index (χ3n) is 6.47. The zero-order valence-electron chi connectivity index (χ0n) is 19.0. The lowest BCUT2D eigenvalue weighted by Gasteiger charge is -2.32. The van der Waals surface area contributed by atoms with Gasteiger partial charge in [-0.25, -0.2) is 13.8 Å². The van der Waals surface area contributed by atoms with E-state index in [1.807, 2.05) is 11.8 Å². The van der Waals surface area contributed by atoms with Crippen molar-refractivity contribution in [3.05, 3.63) is 64.5 Å². The molecule has 4 aromatic rings. The Labute approximate surface area is 209 Å². The molecule has 4 heterocycles. The summed E-state index contributed by atoms with van der Waals surface area (Å²) < 4.78 is 29.7. The zero-order valence-corrected chi connectivity index (χ0v) is 20.6. The number of piperidine rings is 1. The van der Waals surface area contributed by atoms with Crippen LogP contribution in [0.2, 0.25) is 0 Å². The van der Waals surface area contributed by atoms with Crippen molar-refractivity contribution in [2.24, 2.45) is 0 Å². The van der Waals surface area contributed by atoms with Crippen LogP contribution in [0.3, 0.4) is 0 Å². The van der Waals surface area contributed by atoms with Gasteiger partial charge in [0, 0.05) is 54.4 Å². The zero-order chi connectivity index (χ0) is 24.7. The highest BCUT2D eigenvalue weighted by atomic mass is 79.9. The van der Waals surface area contributed by atoms with Crippen molar-refractivity contribution in [2.45, 2.75) is 32.1 Å². The van der Waals surface area contributed by atoms with Crippen LogP contribution in [0.25, 0.3) is 28.0 Å². The maximum atomic E-state index is 14.2. The molecule has 0 spiro atoms. The Morgan fingerprint density at radius 1 is 1.14 bits per heavy atom. The monoisotopic (exact) mass is 540 g/mol. The number of carbonyl (C=O) groups is 1. The van der Waals surface area contributed by atoms with Crippen molar-refractivity contribution in [2.75, 3.05) is 18.8 Å². The molecule has 35 heavy (non-hydrogen) atoms. The van der Waals surface area contributed by atoms with Crippen molar-refractivity contribution in [3.8, 4) is 22.4 Å². The summed E-state index contributed by atoms with van der Waals surface area (Å²) >= 11 is 3.60. The van der Waals surface area contributed by atoms with E-state index in [4.69, 9.17) is 10.7 Å². The van der Waals surface area contributed by atoms with E-state index in [1.54, 1.807) is 29.0 Å². The average molecular weight is 541 g/mol. The number of nitrogens with two attached hydrogens (primary N) is 1. The summed E-state index contributed by atoms with van der Waals surface area (Å²) in [6.45, 7) is 3.25. The van der Waals surface area contributed by atoms with Gasteiger partial charge in [-0.15, -0.1) is 0 Å². The number of benzene rings is 1. The van der Waals surface area contributed by atoms with Gasteiger partial charge in [0.1, 0.15) is 17.5 Å². The van der Waals surface area contributed by atoms with E-state index in [9.17, 15) is 13.6 Å². The van der Waals surface area contributed by atoms with E-state index in [-0.39, 0.29) is 17.4 Å². The number of aromatic nitrogens is 4. The number of likely N-dealkylation sites (tertiary alicyclic amines) is 1. The summed E-state index contributed by atoms with van der Waals surface area (Å²) in [6, 6.07) is 6.89. The third-order valence-corrected chi connectivity index (χ3v) is 7.28. The first kappa shape index (κ1) is 23.3. The van der Waals surface area contributed by atoms with Gasteiger partial charge >= 0.3 is 0 Å². The van der Waals surface area contributed by atoms with E-state index < -0.39 is 11.6 Å². The van der Waals surface area contributed by atoms with E-state index in [0.29, 0.717) is 41.1 Å². The van der Waals surface area contributed by atoms with Crippen LogP contribution >= 0.6 is 15.9 Å². The van der Waals surface area contributed by atoms with Crippen LogP contribution in [0.15, 0.2) is 47.2 Å². The van der Waals surface area contributed by atoms with Crippen molar-refractivity contribution < 1.29 is 13.6 Å². The van der Waals surface area contributed by atoms with Crippen molar-refractivity contribution in [3.63, 3.8) is 0 Å². The molecule has 10 heteroatoms. The average Bonchev–Trinajstić information content (AvgIpc) is 3.30. The first-order chi connectivity index (χ1) is 16.9. The fraction of sp³-hybridized carbons (Fsp3) is 0.280. The van der Waals surface area contributed by atoms with E-state index >= 15 is 0 Å². The molecule has 0 unspecified atom stereocenters. The van der Waals surface area contributed by atoms with Crippen LogP contribution < -0.4 is 5.73 Å². The topological polar surface area (TPSA) is 89.4 Å². The molecular weight excluding hydrogens is 518 g/mol. The van der Waals surface area contributed by atoms with Gasteiger partial charge in [-0.2, -0.15) is 9.61 Å². The van der Waals surface area contributed by atoms with E-state index in [1.165, 1.54) is 12.1 Å². The molecule has 0 atom stereocenters. The first-order valence-corrected chi connectivity index (χ1v) is 12.2. The number of nitrogen functional groups attached to an aromatic ring is 1. The molecule has 1 amide bonds. The maximum absolute atomic E-state index is 14.2. The Balaban J connectivity index is 1.48. The number of amides is 1. The number of hydrogen-bond acceptors (Lipinski definition) is 5. The summed E-state index contributed by atoms with van der Waals surface area (Å²) in [5, 5.41) is 4.41. The second-order valence-corrected chi connectivity index (χ2v) is 9.35. The maximum Gasteiger partial charge on any atom is 0.222 e. The molecule has 5 rings (SSSR count). The summed E-state index contributed by atoms with van der Waals surface area (Å²) in [5.41, 5.74) is 9.94. The fourth-order valence-corrected chi connectivity index (χ4v) is 5.10. The van der Waals surface area contributed by atoms with Crippen molar-refractivity contribution >= 4 is 33.3 Å². The summed E-state index contributed by atoms with van der Waals surface area (Å²) in [6.07, 6.45) is 5.40. The number of carbonyl (C=O) groups excluding carboxylic acids is 1. The number of anilines is 1. The largest absolute Gasteiger partial charge is 0.383 e. The van der Waals surface area contributed by atoms with Crippen LogP contribution in [-0.4, -0.2) is 43.5 Å². The van der Waals surface area contributed by atoms with Crippen LogP contribution in [0.1, 0.15) is 37.8 Å². The lowest BCUT2D eigenvalue weighted by atomic mass is 9.93. The van der Waals surface area contributed by atoms with E-state index in [0.717, 1.165) is 35.7 Å². The Kier molecular flexibility index (Phi) is 6.22. The molecule has 2 N–H and O–H groups in total. The Morgan fingerprint density at radius 3 is 2.57 bits per heavy atom. The van der Waals surface area contributed by atoms with Crippen LogP contribution in [0, 0.1) is 11.6 Å². The minimum atomic E-state index is -0.670. The third kappa shape index (κ3) is 4.27. The highest BCUT2D eigenvalue weighted by Gasteiger charge is 2.27. The molecule has 1 aliphatic rings. The molecule has 1 saturated heterocycles. The predicted molar refractivity (Wildman–Crippen MR) is 133 cm³/mol. The quantitative estimate of drug-likeness (QED) is 0.384. The number of fused-ring (bicyclic) bond motifs is 1. The van der Waals surface area contributed by atoms with Gasteiger partial charge in [0.25, 0.3) is 0 Å². The highest BCUT2D eigenvalue weighted by Crippen LogP contribution is 2.37. The van der Waals surface area contributed by atoms with Gasteiger partial charge < -0.3 is 10.6 Å². The minimum Gasteiger partial charge on any atom is -0.383 e. The second kappa shape index (κ2) is 9.33. The molecule has 180 valence electrons. The number of rotatable bonds is 4. The fourth-order valence-electron chi connectivity index (χ4n) is 4.52. The van der Waals surface area contributed by atoms with E-state index in [2.05, 4.69) is 26.0 Å². The summed E-state index contributed by atoms with van der Waals surface area (Å²) in [4.78, 5) is 23.3. The molecule has 3 aromatic heterocycles. The molecular formula is C25H23BrF2N6O. The Hall–Kier alpha value is -3.40. The van der Waals surface area contributed by atoms with Gasteiger partial charge in [-0.05, 0) is 47.0 Å². The van der Waals surface area contributed by atoms with Crippen molar-refractivity contribution in [1.82, 2.24) is 24.5 Å². The van der Waals surface area contributed by atoms with Gasteiger partial charge in [0.2, 0.25) is 5.91 Å². The van der Waals surface area contributed by atoms with Crippen LogP contribution in [0.5, 0.6) is 0 Å². The van der Waals surface area contributed by atoms with Gasteiger partial charge in [-0.3, -0.25) is 9.78 Å². The number of halogens is 3. The lowest BCUT2D eigenvalue weighted by molar-refractivity contribution is -0.131. The number of hydrogen-bond donors (Lipinski definition) is 1. The molecule has 1 fully saturated rings. The first-order valence-electron chi connectivity index (χ1n) is 11.4. The van der Waals surface area contributed by atoms with Crippen LogP contribution in [0.4, 0.5) is 14.6 Å². The van der Waals surface area contributed by atoms with Gasteiger partial charge in [-0.1, -0.05) is 13.0 Å². The number of pyridine rings is 1. The highest BCUT2D eigenvalue weighted by molar-refractivity contribution is 9.10. The molecule has 1 aromatic carbocycles. The SMILES string of the molecule is CCC(=O)N1CCC(c2nc3c(-c4ccc(-c5ccc(F)cc5F)nc4)cnn3c(N)c2Br)CC1. The van der Waals surface area contributed by atoms with Gasteiger partial charge in [0.15, 0.2) is 5.65 Å². The second-order valence-electron chi connectivity index (χ2n) is 8.55. The molecule has 0 bridgehead atoms. The summed E-state index contributed by atoms with van der Waals surface area (Å²) in [7, 11) is 0. The minimum absolute atomic E-state index is 0.155. The smallest absolute Gasteiger partial charge is 0.222 e. The standard InChI is InChI=1S/C25H23BrF2N6O/c1-2-21(35)33-9-7-14(8-10-33)23-22(26)24(29)34-25(32-23)18(13-31-34)15-3-6-20(30-12-15)17-5-4-16(27)11-19(17)28/h3-6,11-14H,2,7-10,29H2,1H3. The lowest BCUT2D eigenvalue weighted by Crippen LogP contribution is -2.37. The Bertz CT molecular complexity index is 1410. The number of nitrogens with zero attached hydrogens (tertiary/aromatic N) is 5. The van der Waals surface area contributed by atoms with Gasteiger partial charge in [0.05, 0.1) is 22.1 Å². The Morgan fingerprint density at radius 2 is 1.91 bits per heavy atom. The van der Waals surface area contributed by atoms with Crippen molar-refractivity contribution in [1.29, 1.82) is 0 Å². The molecule has 7 nitrogen and oxygen atoms in total. The predicted octanol–water partition coefficient (Wildman–Crippen LogP) is 5.20. The normalized spacial score (nSPS) is 14.6.